The largest absolute Gasteiger partial charge is 0.508 e. The zero-order valence-electron chi connectivity index (χ0n) is 22.6. The van der Waals surface area contributed by atoms with Crippen LogP contribution in [0.25, 0.3) is 0 Å². The van der Waals surface area contributed by atoms with Gasteiger partial charge in [-0.1, -0.05) is 64.1 Å². The van der Waals surface area contributed by atoms with Gasteiger partial charge in [-0.15, -0.1) is 0 Å². The van der Waals surface area contributed by atoms with E-state index in [0.717, 1.165) is 19.3 Å². The van der Waals surface area contributed by atoms with Gasteiger partial charge in [-0.2, -0.15) is 0 Å². The monoisotopic (exact) mass is 941 g/mol. The molecular formula is C30H43NO3U2. The van der Waals surface area contributed by atoms with Crippen molar-refractivity contribution < 1.29 is 77.5 Å². The molecule has 1 atom stereocenters. The molecule has 0 radical (unpaired) electrons. The fourth-order valence-corrected chi connectivity index (χ4v) is 3.29. The Morgan fingerprint density at radius 3 is 0.972 bits per heavy atom. The Kier molecular flexibility index (Phi) is 21.8. The van der Waals surface area contributed by atoms with Gasteiger partial charge < -0.3 is 20.6 Å². The van der Waals surface area contributed by atoms with Crippen molar-refractivity contribution in [3.63, 3.8) is 0 Å². The number of hydrogen-bond donors (Lipinski definition) is 4. The van der Waals surface area contributed by atoms with Crippen LogP contribution < -0.4 is 5.32 Å². The quantitative estimate of drug-likeness (QED) is 0.213. The SMILES string of the molecule is CC(C)Cc1ccc(O)cc1.CC(C)Cc1ccc(O)cc1.CN[C@H](C)Cc1ccc(O)cc1.[U].[U]. The molecule has 0 fully saturated rings. The summed E-state index contributed by atoms with van der Waals surface area (Å²) in [5.41, 5.74) is 3.82. The van der Waals surface area contributed by atoms with E-state index in [1.165, 1.54) is 16.7 Å². The summed E-state index contributed by atoms with van der Waals surface area (Å²) in [6.45, 7) is 10.9. The van der Waals surface area contributed by atoms with Crippen LogP contribution in [0, 0.1) is 74.1 Å². The van der Waals surface area contributed by atoms with Gasteiger partial charge in [0.15, 0.2) is 0 Å². The molecule has 0 unspecified atom stereocenters. The molecule has 0 aliphatic carbocycles. The number of hydrogen-bond acceptors (Lipinski definition) is 4. The molecule has 194 valence electrons. The summed E-state index contributed by atoms with van der Waals surface area (Å²) >= 11 is 0. The first-order valence-electron chi connectivity index (χ1n) is 12.1. The number of likely N-dealkylation sites (N-methyl/N-ethyl adjacent to an activating group) is 1. The van der Waals surface area contributed by atoms with Gasteiger partial charge in [0, 0.05) is 68.3 Å². The Labute approximate surface area is 266 Å². The summed E-state index contributed by atoms with van der Waals surface area (Å²) in [4.78, 5) is 0. The van der Waals surface area contributed by atoms with Crippen LogP contribution in [0.4, 0.5) is 0 Å². The second-order valence-electron chi connectivity index (χ2n) is 9.59. The molecule has 0 aliphatic heterocycles. The van der Waals surface area contributed by atoms with E-state index in [1.54, 1.807) is 36.4 Å². The predicted octanol–water partition coefficient (Wildman–Crippen LogP) is 6.72. The van der Waals surface area contributed by atoms with Crippen molar-refractivity contribution in [3.8, 4) is 17.2 Å². The molecule has 36 heavy (non-hydrogen) atoms. The van der Waals surface area contributed by atoms with E-state index >= 15 is 0 Å². The number of aromatic hydroxyl groups is 3. The molecule has 0 saturated heterocycles. The van der Waals surface area contributed by atoms with Gasteiger partial charge in [0.05, 0.1) is 0 Å². The summed E-state index contributed by atoms with van der Waals surface area (Å²) in [7, 11) is 1.95. The van der Waals surface area contributed by atoms with Crippen LogP contribution in [0.1, 0.15) is 51.3 Å². The molecule has 0 spiro atoms. The van der Waals surface area contributed by atoms with Crippen molar-refractivity contribution >= 4 is 0 Å². The molecule has 0 heterocycles. The molecule has 4 nitrogen and oxygen atoms in total. The van der Waals surface area contributed by atoms with E-state index in [-0.39, 0.29) is 62.2 Å². The van der Waals surface area contributed by atoms with Crippen LogP contribution in [-0.4, -0.2) is 28.4 Å². The second kappa shape index (κ2) is 21.1. The summed E-state index contributed by atoms with van der Waals surface area (Å²) in [5.74, 6) is 2.38. The minimum absolute atomic E-state index is 0. The Balaban J connectivity index is 0. The minimum atomic E-state index is 0. The molecule has 3 aromatic carbocycles. The normalized spacial score (nSPS) is 10.7. The summed E-state index contributed by atoms with van der Waals surface area (Å²) < 4.78 is 0. The summed E-state index contributed by atoms with van der Waals surface area (Å²) in [6, 6.07) is 22.6. The van der Waals surface area contributed by atoms with Crippen molar-refractivity contribution in [2.24, 2.45) is 11.8 Å². The Hall–Kier alpha value is -0.876. The number of rotatable bonds is 7. The molecule has 0 saturated carbocycles. The molecule has 4 N–H and O–H groups in total. The molecule has 6 heteroatoms. The second-order valence-corrected chi connectivity index (χ2v) is 9.59. The number of benzene rings is 3. The predicted molar refractivity (Wildman–Crippen MR) is 144 cm³/mol. The van der Waals surface area contributed by atoms with E-state index in [0.29, 0.717) is 35.1 Å². The van der Waals surface area contributed by atoms with E-state index in [1.807, 2.05) is 43.4 Å². The van der Waals surface area contributed by atoms with E-state index in [4.69, 9.17) is 15.3 Å². The summed E-state index contributed by atoms with van der Waals surface area (Å²) in [6.07, 6.45) is 3.16. The van der Waals surface area contributed by atoms with Crippen LogP contribution in [-0.2, 0) is 19.3 Å². The van der Waals surface area contributed by atoms with Crippen LogP contribution >= 0.6 is 0 Å². The third-order valence-corrected chi connectivity index (χ3v) is 5.13. The third-order valence-electron chi connectivity index (χ3n) is 5.13. The fourth-order valence-electron chi connectivity index (χ4n) is 3.29. The number of phenolic OH excluding ortho intramolecular Hbond substituents is 3. The first kappa shape index (κ1) is 37.3. The zero-order valence-corrected chi connectivity index (χ0v) is 31.0. The average molecular weight is 942 g/mol. The maximum atomic E-state index is 9.03. The van der Waals surface area contributed by atoms with Crippen molar-refractivity contribution in [1.82, 2.24) is 5.32 Å². The van der Waals surface area contributed by atoms with Crippen molar-refractivity contribution in [1.29, 1.82) is 0 Å². The van der Waals surface area contributed by atoms with Gasteiger partial charge >= 0.3 is 0 Å². The Morgan fingerprint density at radius 1 is 0.500 bits per heavy atom. The van der Waals surface area contributed by atoms with E-state index in [2.05, 4.69) is 39.9 Å². The average Bonchev–Trinajstić information content (AvgIpc) is 2.79. The molecule has 0 bridgehead atoms. The van der Waals surface area contributed by atoms with E-state index < -0.39 is 0 Å². The minimum Gasteiger partial charge on any atom is -0.508 e. The third kappa shape index (κ3) is 18.4. The van der Waals surface area contributed by atoms with Gasteiger partial charge in [0.1, 0.15) is 17.2 Å². The molecule has 0 amide bonds. The van der Waals surface area contributed by atoms with Gasteiger partial charge in [-0.05, 0) is 98.2 Å². The molecule has 3 rings (SSSR count). The Morgan fingerprint density at radius 2 is 0.750 bits per heavy atom. The molecule has 3 aromatic rings. The zero-order chi connectivity index (χ0) is 25.5. The van der Waals surface area contributed by atoms with Crippen LogP contribution in [0.5, 0.6) is 17.2 Å². The van der Waals surface area contributed by atoms with E-state index in [9.17, 15) is 0 Å². The van der Waals surface area contributed by atoms with Gasteiger partial charge in [0.2, 0.25) is 0 Å². The van der Waals surface area contributed by atoms with Crippen molar-refractivity contribution in [3.05, 3.63) is 89.5 Å². The molecule has 0 aliphatic rings. The smallest absolute Gasteiger partial charge is 0.115 e. The standard InChI is InChI=1S/C10H15NO.2C10H14O.2U/c1-8(11-2)7-9-3-5-10(12)6-4-9;2*1-8(2)7-9-3-5-10(11)6-4-9;;/h3-6,8,11-12H,7H2,1-2H3;2*3-6,8,11H,7H2,1-2H3;;/t8-;;;;/m1..../s1. The van der Waals surface area contributed by atoms with Crippen molar-refractivity contribution in [2.45, 2.75) is 59.9 Å². The van der Waals surface area contributed by atoms with Crippen LogP contribution in [0.2, 0.25) is 0 Å². The van der Waals surface area contributed by atoms with Crippen LogP contribution in [0.3, 0.4) is 0 Å². The van der Waals surface area contributed by atoms with Gasteiger partial charge in [-0.3, -0.25) is 0 Å². The summed E-state index contributed by atoms with van der Waals surface area (Å²) in [5, 5.41) is 30.2. The molecule has 0 aromatic heterocycles. The molecular weight excluding hydrogens is 898 g/mol. The van der Waals surface area contributed by atoms with Crippen LogP contribution in [0.15, 0.2) is 72.8 Å². The maximum Gasteiger partial charge on any atom is 0.115 e. The maximum absolute atomic E-state index is 9.03. The van der Waals surface area contributed by atoms with Crippen molar-refractivity contribution in [2.75, 3.05) is 7.05 Å². The fraction of sp³-hybridized carbons (Fsp3) is 0.400. The Bertz CT molecular complexity index is 861. The van der Waals surface area contributed by atoms with Gasteiger partial charge in [0.25, 0.3) is 0 Å². The number of nitrogens with one attached hydrogen (secondary N) is 1. The first-order chi connectivity index (χ1) is 16.1. The van der Waals surface area contributed by atoms with Gasteiger partial charge in [-0.25, -0.2) is 0 Å². The number of phenols is 3. The topological polar surface area (TPSA) is 72.7 Å². The first-order valence-corrected chi connectivity index (χ1v) is 12.1.